The van der Waals surface area contributed by atoms with Crippen LogP contribution in [0.2, 0.25) is 0 Å². The van der Waals surface area contributed by atoms with Gasteiger partial charge in [-0.1, -0.05) is 212 Å². The lowest BCUT2D eigenvalue weighted by Crippen LogP contribution is -1.96. The van der Waals surface area contributed by atoms with Crippen molar-refractivity contribution in [3.8, 4) is 0 Å². The van der Waals surface area contributed by atoms with Crippen LogP contribution in [-0.2, 0) is 19.3 Å². The Kier molecular flexibility index (Phi) is 29.6. The lowest BCUT2D eigenvalue weighted by atomic mass is 9.95. The highest BCUT2D eigenvalue weighted by Gasteiger charge is 2.04. The minimum atomic E-state index is 1.27. The first-order valence-corrected chi connectivity index (χ1v) is 19.9. The van der Waals surface area contributed by atoms with Crippen LogP contribution in [0, 0.1) is 0 Å². The normalized spacial score (nSPS) is 11.5. The van der Waals surface area contributed by atoms with E-state index in [-0.39, 0.29) is 0 Å². The van der Waals surface area contributed by atoms with Gasteiger partial charge >= 0.3 is 0 Å². The molecule has 0 atom stereocenters. The average molecular weight is 583 g/mol. The molecule has 0 spiro atoms. The fourth-order valence-corrected chi connectivity index (χ4v) is 6.70. The molecular weight excluding hydrogens is 504 g/mol. The van der Waals surface area contributed by atoms with Gasteiger partial charge in [0, 0.05) is 0 Å². The summed E-state index contributed by atoms with van der Waals surface area (Å²) in [5.41, 5.74) is 4.87. The molecule has 0 nitrogen and oxygen atoms in total. The summed E-state index contributed by atoms with van der Waals surface area (Å²) in [6.07, 6.45) is 47.0. The van der Waals surface area contributed by atoms with Crippen molar-refractivity contribution in [2.75, 3.05) is 0 Å². The van der Waals surface area contributed by atoms with E-state index < -0.39 is 0 Å². The molecule has 42 heavy (non-hydrogen) atoms. The Labute approximate surface area is 267 Å². The molecule has 0 fully saturated rings. The third-order valence-electron chi connectivity index (χ3n) is 9.57. The van der Waals surface area contributed by atoms with E-state index in [1.54, 1.807) is 16.7 Å². The van der Waals surface area contributed by atoms with Crippen LogP contribution in [0.5, 0.6) is 0 Å². The van der Waals surface area contributed by atoms with Crippen molar-refractivity contribution in [1.29, 1.82) is 0 Å². The lowest BCUT2D eigenvalue weighted by molar-refractivity contribution is 0.535. The maximum atomic E-state index is 2.57. The molecule has 246 valence electrons. The largest absolute Gasteiger partial charge is 0.0654 e. The first-order valence-electron chi connectivity index (χ1n) is 19.9. The molecule has 0 aliphatic heterocycles. The van der Waals surface area contributed by atoms with Crippen molar-refractivity contribution < 1.29 is 0 Å². The quantitative estimate of drug-likeness (QED) is 0.0723. The molecule has 0 bridgehead atoms. The van der Waals surface area contributed by atoms with E-state index in [9.17, 15) is 0 Å². The van der Waals surface area contributed by atoms with E-state index in [1.165, 1.54) is 212 Å². The zero-order valence-electron chi connectivity index (χ0n) is 29.6. The Bertz CT molecular complexity index is 608. The van der Waals surface area contributed by atoms with Gasteiger partial charge in [-0.15, -0.1) is 0 Å². The van der Waals surface area contributed by atoms with E-state index in [2.05, 4.69) is 39.0 Å². The molecule has 0 heteroatoms. The van der Waals surface area contributed by atoms with E-state index in [4.69, 9.17) is 0 Å². The van der Waals surface area contributed by atoms with Crippen LogP contribution in [0.25, 0.3) is 0 Å². The highest BCUT2D eigenvalue weighted by molar-refractivity contribution is 5.30. The second-order valence-electron chi connectivity index (χ2n) is 14.0. The average Bonchev–Trinajstić information content (AvgIpc) is 3.00. The summed E-state index contributed by atoms with van der Waals surface area (Å²) in [5, 5.41) is 0. The molecule has 0 unspecified atom stereocenters. The molecule has 0 aliphatic carbocycles. The van der Waals surface area contributed by atoms with Crippen molar-refractivity contribution in [3.63, 3.8) is 0 Å². The molecule has 1 rings (SSSR count). The van der Waals surface area contributed by atoms with Crippen LogP contribution in [-0.4, -0.2) is 0 Å². The van der Waals surface area contributed by atoms with Crippen LogP contribution in [0.3, 0.4) is 0 Å². The maximum Gasteiger partial charge on any atom is -0.0279 e. The summed E-state index contributed by atoms with van der Waals surface area (Å²) in [7, 11) is 0. The van der Waals surface area contributed by atoms with E-state index in [0.29, 0.717) is 0 Å². The fourth-order valence-electron chi connectivity index (χ4n) is 6.70. The Morgan fingerprint density at radius 1 is 0.238 bits per heavy atom. The van der Waals surface area contributed by atoms with Gasteiger partial charge in [0.25, 0.3) is 0 Å². The third-order valence-corrected chi connectivity index (χ3v) is 9.57. The Hall–Kier alpha value is -0.780. The first-order chi connectivity index (χ1) is 20.8. The van der Waals surface area contributed by atoms with Gasteiger partial charge in [-0.3, -0.25) is 0 Å². The Morgan fingerprint density at radius 2 is 0.429 bits per heavy atom. The monoisotopic (exact) mass is 583 g/mol. The number of rotatable bonds is 33. The third kappa shape index (κ3) is 25.7. The number of hydrogen-bond donors (Lipinski definition) is 0. The van der Waals surface area contributed by atoms with Crippen LogP contribution in [0.4, 0.5) is 0 Å². The van der Waals surface area contributed by atoms with Gasteiger partial charge in [-0.2, -0.15) is 0 Å². The summed E-state index contributed by atoms with van der Waals surface area (Å²) < 4.78 is 0. The summed E-state index contributed by atoms with van der Waals surface area (Å²) in [5.74, 6) is 0. The van der Waals surface area contributed by atoms with Crippen LogP contribution in [0.15, 0.2) is 18.2 Å². The van der Waals surface area contributed by atoms with Crippen molar-refractivity contribution in [2.45, 2.75) is 233 Å². The number of hydrogen-bond acceptors (Lipinski definition) is 0. The zero-order valence-corrected chi connectivity index (χ0v) is 29.6. The van der Waals surface area contributed by atoms with Gasteiger partial charge in [0.15, 0.2) is 0 Å². The van der Waals surface area contributed by atoms with Gasteiger partial charge in [-0.25, -0.2) is 0 Å². The number of benzene rings is 1. The maximum absolute atomic E-state index is 2.57. The molecule has 0 saturated heterocycles. The van der Waals surface area contributed by atoms with Gasteiger partial charge < -0.3 is 0 Å². The minimum Gasteiger partial charge on any atom is -0.0654 e. The molecule has 0 radical (unpaired) electrons. The second kappa shape index (κ2) is 31.6. The van der Waals surface area contributed by atoms with Crippen LogP contribution < -0.4 is 0 Å². The van der Waals surface area contributed by atoms with Crippen molar-refractivity contribution in [2.24, 2.45) is 0 Å². The topological polar surface area (TPSA) is 0 Å². The summed E-state index contributed by atoms with van der Waals surface area (Å²) in [6, 6.07) is 7.67. The van der Waals surface area contributed by atoms with E-state index in [0.717, 1.165) is 0 Å². The van der Waals surface area contributed by atoms with Crippen molar-refractivity contribution >= 4 is 0 Å². The fraction of sp³-hybridized carbons (Fsp3) is 0.857. The Balaban J connectivity index is 2.11. The van der Waals surface area contributed by atoms with Gasteiger partial charge in [0.1, 0.15) is 0 Å². The summed E-state index contributed by atoms with van der Waals surface area (Å²) in [4.78, 5) is 0. The Morgan fingerprint density at radius 3 is 0.667 bits per heavy atom. The SMILES string of the molecule is CCCCCCCCCCCCCCCCc1cc(CCCC)cc(CCCCCCCCCCCCCCCC)c1. The molecule has 0 N–H and O–H groups in total. The smallest absolute Gasteiger partial charge is 0.0279 e. The summed E-state index contributed by atoms with van der Waals surface area (Å²) >= 11 is 0. The van der Waals surface area contributed by atoms with Gasteiger partial charge in [-0.05, 0) is 55.2 Å². The predicted octanol–water partition coefficient (Wildman–Crippen LogP) is 15.1. The number of aryl methyl sites for hydroxylation is 3. The molecule has 1 aromatic carbocycles. The molecule has 0 heterocycles. The highest BCUT2D eigenvalue weighted by Crippen LogP contribution is 2.20. The van der Waals surface area contributed by atoms with Gasteiger partial charge in [0.2, 0.25) is 0 Å². The van der Waals surface area contributed by atoms with E-state index in [1.807, 2.05) is 0 Å². The minimum absolute atomic E-state index is 1.27. The van der Waals surface area contributed by atoms with E-state index >= 15 is 0 Å². The first kappa shape index (κ1) is 39.2. The zero-order chi connectivity index (χ0) is 30.2. The standard InChI is InChI=1S/C42H78/c1-4-7-10-12-14-16-18-20-22-24-26-28-30-32-35-41-37-40(34-9-6-3)38-42(39-41)36-33-31-29-27-25-23-21-19-17-15-13-11-8-5-2/h37-39H,4-36H2,1-3H3. The lowest BCUT2D eigenvalue weighted by Gasteiger charge is -2.11. The van der Waals surface area contributed by atoms with Crippen LogP contribution >= 0.6 is 0 Å². The molecule has 0 saturated carbocycles. The van der Waals surface area contributed by atoms with Gasteiger partial charge in [0.05, 0.1) is 0 Å². The number of unbranched alkanes of at least 4 members (excludes halogenated alkanes) is 27. The van der Waals surface area contributed by atoms with Crippen LogP contribution in [0.1, 0.15) is 230 Å². The molecule has 1 aromatic rings. The molecule has 0 amide bonds. The highest BCUT2D eigenvalue weighted by atomic mass is 14.1. The van der Waals surface area contributed by atoms with Crippen molar-refractivity contribution in [3.05, 3.63) is 34.9 Å². The second-order valence-corrected chi connectivity index (χ2v) is 14.0. The molecule has 0 aliphatic rings. The predicted molar refractivity (Wildman–Crippen MR) is 193 cm³/mol. The molecular formula is C42H78. The molecule has 0 aromatic heterocycles. The van der Waals surface area contributed by atoms with Crippen molar-refractivity contribution in [1.82, 2.24) is 0 Å². The summed E-state index contributed by atoms with van der Waals surface area (Å²) in [6.45, 7) is 6.95.